The van der Waals surface area contributed by atoms with E-state index >= 15 is 0 Å². The SMILES string of the molecule is CC1=NC(/C=C(\C)[C@@H]2C/C=C\CCC[C@H](C)C(O)[C@@H](C)C(=O)C(C)(C)[C@@H](O)CC(=O)O2)=CS1=O. The molecule has 2 rings (SSSR count). The lowest BCUT2D eigenvalue weighted by Gasteiger charge is -2.34. The van der Waals surface area contributed by atoms with Gasteiger partial charge in [0.2, 0.25) is 0 Å². The third-order valence-corrected chi connectivity index (χ3v) is 7.98. The van der Waals surface area contributed by atoms with Crippen molar-refractivity contribution >= 4 is 27.6 Å². The molecule has 7 nitrogen and oxygen atoms in total. The Labute approximate surface area is 205 Å². The van der Waals surface area contributed by atoms with E-state index in [0.717, 1.165) is 24.8 Å². The van der Waals surface area contributed by atoms with Gasteiger partial charge in [0.25, 0.3) is 0 Å². The van der Waals surface area contributed by atoms with Gasteiger partial charge in [-0.05, 0) is 50.7 Å². The number of ether oxygens (including phenoxy) is 1. The van der Waals surface area contributed by atoms with Gasteiger partial charge in [-0.2, -0.15) is 0 Å². The number of cyclic esters (lactones) is 1. The highest BCUT2D eigenvalue weighted by Crippen LogP contribution is 2.32. The Kier molecular flexibility index (Phi) is 10.2. The molecule has 0 aromatic rings. The summed E-state index contributed by atoms with van der Waals surface area (Å²) >= 11 is 0. The minimum Gasteiger partial charge on any atom is -0.457 e. The maximum atomic E-state index is 13.1. The van der Waals surface area contributed by atoms with Crippen LogP contribution in [0.25, 0.3) is 0 Å². The molecule has 0 saturated carbocycles. The minimum absolute atomic E-state index is 0.0645. The predicted octanol–water partition coefficient (Wildman–Crippen LogP) is 3.98. The number of ketones is 1. The number of hydrogen-bond acceptors (Lipinski definition) is 7. The van der Waals surface area contributed by atoms with Crippen molar-refractivity contribution in [3.8, 4) is 0 Å². The largest absolute Gasteiger partial charge is 0.457 e. The molecule has 6 atom stereocenters. The van der Waals surface area contributed by atoms with E-state index in [4.69, 9.17) is 4.74 Å². The number of Topliss-reactive ketones (excluding diaryl/α,β-unsaturated/α-hetero) is 1. The van der Waals surface area contributed by atoms with Crippen molar-refractivity contribution in [1.82, 2.24) is 0 Å². The van der Waals surface area contributed by atoms with E-state index in [2.05, 4.69) is 4.99 Å². The quantitative estimate of drug-likeness (QED) is 0.444. The second-order valence-electron chi connectivity index (χ2n) is 10.0. The molecule has 190 valence electrons. The molecular formula is C26H39NO6S. The first-order valence-electron chi connectivity index (χ1n) is 11.9. The molecule has 2 unspecified atom stereocenters. The summed E-state index contributed by atoms with van der Waals surface area (Å²) in [5.41, 5.74) is 0.0892. The van der Waals surface area contributed by atoms with E-state index in [1.165, 1.54) is 0 Å². The summed E-state index contributed by atoms with van der Waals surface area (Å²) in [5, 5.41) is 23.6. The molecule has 2 aliphatic heterocycles. The highest BCUT2D eigenvalue weighted by molar-refractivity contribution is 8.03. The maximum Gasteiger partial charge on any atom is 0.309 e. The first kappa shape index (κ1) is 28.3. The first-order chi connectivity index (χ1) is 15.8. The summed E-state index contributed by atoms with van der Waals surface area (Å²) < 4.78 is 17.6. The number of carbonyl (C=O) groups is 2. The molecule has 0 aromatic heterocycles. The summed E-state index contributed by atoms with van der Waals surface area (Å²) in [5.74, 6) is -1.62. The van der Waals surface area contributed by atoms with Crippen molar-refractivity contribution in [3.63, 3.8) is 0 Å². The summed E-state index contributed by atoms with van der Waals surface area (Å²) in [6, 6.07) is 0. The zero-order chi connectivity index (χ0) is 25.6. The highest BCUT2D eigenvalue weighted by atomic mass is 32.2. The topological polar surface area (TPSA) is 113 Å². The monoisotopic (exact) mass is 493 g/mol. The molecule has 0 spiro atoms. The third-order valence-electron chi connectivity index (χ3n) is 6.85. The number of nitrogens with zero attached hydrogens (tertiary/aromatic N) is 1. The molecule has 0 saturated heterocycles. The Morgan fingerprint density at radius 1 is 1.24 bits per heavy atom. The third kappa shape index (κ3) is 7.30. The number of allylic oxidation sites excluding steroid dienone is 2. The fraction of sp³-hybridized carbons (Fsp3) is 0.654. The second-order valence-corrected chi connectivity index (χ2v) is 11.5. The number of carbonyl (C=O) groups excluding carboxylic acids is 2. The van der Waals surface area contributed by atoms with Gasteiger partial charge in [0.1, 0.15) is 16.9 Å². The summed E-state index contributed by atoms with van der Waals surface area (Å²) in [6.45, 7) is 10.3. The minimum atomic E-state index is -1.25. The van der Waals surface area contributed by atoms with Crippen LogP contribution in [0, 0.1) is 17.3 Å². The summed E-state index contributed by atoms with van der Waals surface area (Å²) in [4.78, 5) is 30.1. The number of esters is 1. The fourth-order valence-corrected chi connectivity index (χ4v) is 4.96. The Balaban J connectivity index is 2.28. The zero-order valence-electron chi connectivity index (χ0n) is 21.1. The van der Waals surface area contributed by atoms with Crippen molar-refractivity contribution < 1.29 is 28.7 Å². The Bertz CT molecular complexity index is 916. The van der Waals surface area contributed by atoms with Crippen LogP contribution in [0.1, 0.15) is 73.6 Å². The van der Waals surface area contributed by atoms with Crippen molar-refractivity contribution in [2.45, 2.75) is 92.0 Å². The van der Waals surface area contributed by atoms with E-state index in [1.54, 1.807) is 39.2 Å². The van der Waals surface area contributed by atoms with E-state index in [1.807, 2.05) is 26.0 Å². The molecule has 0 fully saturated rings. The van der Waals surface area contributed by atoms with Crippen LogP contribution in [0.2, 0.25) is 0 Å². The molecular weight excluding hydrogens is 454 g/mol. The van der Waals surface area contributed by atoms with Gasteiger partial charge in [-0.1, -0.05) is 39.8 Å². The van der Waals surface area contributed by atoms with Crippen molar-refractivity contribution in [3.05, 3.63) is 34.9 Å². The van der Waals surface area contributed by atoms with Gasteiger partial charge in [0.05, 0.1) is 40.5 Å². The lowest BCUT2D eigenvalue weighted by molar-refractivity contribution is -0.154. The molecule has 8 heteroatoms. The Morgan fingerprint density at radius 3 is 2.53 bits per heavy atom. The van der Waals surface area contributed by atoms with Gasteiger partial charge in [-0.3, -0.25) is 9.59 Å². The van der Waals surface area contributed by atoms with Crippen LogP contribution in [0.15, 0.2) is 39.9 Å². The van der Waals surface area contributed by atoms with Gasteiger partial charge >= 0.3 is 5.97 Å². The van der Waals surface area contributed by atoms with E-state index in [0.29, 0.717) is 17.2 Å². The fourth-order valence-electron chi connectivity index (χ4n) is 4.25. The van der Waals surface area contributed by atoms with Crippen LogP contribution in [-0.2, 0) is 25.1 Å². The van der Waals surface area contributed by atoms with Crippen molar-refractivity contribution in [2.75, 3.05) is 0 Å². The molecule has 2 heterocycles. The number of aliphatic imine (C=N–C) groups is 1. The van der Waals surface area contributed by atoms with Crippen molar-refractivity contribution in [1.29, 1.82) is 0 Å². The Morgan fingerprint density at radius 2 is 1.91 bits per heavy atom. The number of aliphatic hydroxyl groups excluding tert-OH is 2. The van der Waals surface area contributed by atoms with Crippen molar-refractivity contribution in [2.24, 2.45) is 22.2 Å². The maximum absolute atomic E-state index is 13.1. The standard InChI is InChI=1S/C26H39NO6S/c1-16-11-9-7-8-10-12-21(17(2)13-20-15-34(32)19(4)27-20)33-23(29)14-22(28)26(5,6)25(31)18(3)24(16)30/h8,10,13,15-16,18,21-22,24,28,30H,7,9,11-12,14H2,1-6H3/b10-8-,17-13+/t16-,18+,21-,22-,24?,34?/m0/s1. The molecule has 2 N–H and O–H groups in total. The first-order valence-corrected chi connectivity index (χ1v) is 13.2. The van der Waals surface area contributed by atoms with E-state index in [9.17, 15) is 24.0 Å². The number of aliphatic hydroxyl groups is 2. The molecule has 0 aliphatic carbocycles. The molecule has 0 radical (unpaired) electrons. The number of rotatable bonds is 2. The summed E-state index contributed by atoms with van der Waals surface area (Å²) in [6.07, 6.45) is 5.64. The molecule has 0 amide bonds. The van der Waals surface area contributed by atoms with Crippen LogP contribution < -0.4 is 0 Å². The highest BCUT2D eigenvalue weighted by Gasteiger charge is 2.42. The van der Waals surface area contributed by atoms with Crippen LogP contribution in [0.5, 0.6) is 0 Å². The van der Waals surface area contributed by atoms with Gasteiger partial charge in [0, 0.05) is 17.7 Å². The van der Waals surface area contributed by atoms with E-state index < -0.39 is 46.4 Å². The lowest BCUT2D eigenvalue weighted by Crippen LogP contribution is -2.45. The van der Waals surface area contributed by atoms with E-state index in [-0.39, 0.29) is 18.1 Å². The van der Waals surface area contributed by atoms with Gasteiger partial charge < -0.3 is 14.9 Å². The second kappa shape index (κ2) is 12.2. The average molecular weight is 494 g/mol. The average Bonchev–Trinajstić information content (AvgIpc) is 3.08. The van der Waals surface area contributed by atoms with Gasteiger partial charge in [-0.15, -0.1) is 0 Å². The lowest BCUT2D eigenvalue weighted by atomic mass is 9.73. The van der Waals surface area contributed by atoms with Gasteiger partial charge in [0.15, 0.2) is 0 Å². The normalized spacial score (nSPS) is 35.4. The summed E-state index contributed by atoms with van der Waals surface area (Å²) in [7, 11) is -1.23. The molecule has 2 aliphatic rings. The predicted molar refractivity (Wildman–Crippen MR) is 134 cm³/mol. The Hall–Kier alpha value is -1.90. The van der Waals surface area contributed by atoms with Crippen LogP contribution in [0.4, 0.5) is 0 Å². The molecule has 34 heavy (non-hydrogen) atoms. The molecule has 0 aromatic carbocycles. The van der Waals surface area contributed by atoms with Crippen LogP contribution in [-0.4, -0.2) is 49.5 Å². The van der Waals surface area contributed by atoms with Crippen LogP contribution >= 0.6 is 0 Å². The van der Waals surface area contributed by atoms with Crippen LogP contribution in [0.3, 0.4) is 0 Å². The smallest absolute Gasteiger partial charge is 0.309 e. The zero-order valence-corrected chi connectivity index (χ0v) is 21.9. The molecule has 0 bridgehead atoms. The van der Waals surface area contributed by atoms with Gasteiger partial charge in [-0.25, -0.2) is 9.20 Å². The number of hydrogen-bond donors (Lipinski definition) is 2.